The molecule has 0 amide bonds. The van der Waals surface area contributed by atoms with E-state index < -0.39 is 0 Å². The second-order valence-electron chi connectivity index (χ2n) is 3.13. The minimum Gasteiger partial charge on any atom is -0.439 e. The standard InChI is InChI=1S/C11H11N3O/c1-8-7-13-11(12)14-10(8)15-9-5-3-2-4-6-9/h2-7H,1H3,(H2,12,13,14). The first kappa shape index (κ1) is 9.45. The Hall–Kier alpha value is -2.10. The molecule has 0 aliphatic carbocycles. The molecule has 0 spiro atoms. The van der Waals surface area contributed by atoms with Gasteiger partial charge in [-0.2, -0.15) is 4.98 Å². The van der Waals surface area contributed by atoms with Gasteiger partial charge in [0.2, 0.25) is 11.8 Å². The van der Waals surface area contributed by atoms with Gasteiger partial charge in [0.1, 0.15) is 5.75 Å². The maximum absolute atomic E-state index is 5.56. The van der Waals surface area contributed by atoms with Gasteiger partial charge in [0.15, 0.2) is 0 Å². The number of hydrogen-bond acceptors (Lipinski definition) is 4. The van der Waals surface area contributed by atoms with Crippen LogP contribution in [0, 0.1) is 6.92 Å². The Morgan fingerprint density at radius 2 is 1.93 bits per heavy atom. The molecule has 2 N–H and O–H groups in total. The Labute approximate surface area is 87.7 Å². The van der Waals surface area contributed by atoms with Crippen molar-refractivity contribution in [2.24, 2.45) is 0 Å². The molecular formula is C11H11N3O. The van der Waals surface area contributed by atoms with Crippen molar-refractivity contribution in [1.82, 2.24) is 9.97 Å². The van der Waals surface area contributed by atoms with E-state index in [2.05, 4.69) is 9.97 Å². The van der Waals surface area contributed by atoms with Gasteiger partial charge in [0.05, 0.1) is 0 Å². The van der Waals surface area contributed by atoms with E-state index in [-0.39, 0.29) is 5.95 Å². The fourth-order valence-electron chi connectivity index (χ4n) is 1.14. The van der Waals surface area contributed by atoms with Crippen LogP contribution in [0.2, 0.25) is 0 Å². The highest BCUT2D eigenvalue weighted by molar-refractivity contribution is 5.33. The first-order valence-corrected chi connectivity index (χ1v) is 4.58. The number of rotatable bonds is 2. The number of anilines is 1. The van der Waals surface area contributed by atoms with E-state index in [9.17, 15) is 0 Å². The van der Waals surface area contributed by atoms with Crippen LogP contribution in [0.25, 0.3) is 0 Å². The van der Waals surface area contributed by atoms with Gasteiger partial charge < -0.3 is 10.5 Å². The molecule has 15 heavy (non-hydrogen) atoms. The van der Waals surface area contributed by atoms with Crippen LogP contribution in [0.4, 0.5) is 5.95 Å². The zero-order chi connectivity index (χ0) is 10.7. The first-order chi connectivity index (χ1) is 7.25. The summed E-state index contributed by atoms with van der Waals surface area (Å²) in [6, 6.07) is 9.44. The second-order valence-corrected chi connectivity index (χ2v) is 3.13. The first-order valence-electron chi connectivity index (χ1n) is 4.58. The maximum atomic E-state index is 5.56. The van der Waals surface area contributed by atoms with Gasteiger partial charge in [-0.05, 0) is 19.1 Å². The fraction of sp³-hybridized carbons (Fsp3) is 0.0909. The highest BCUT2D eigenvalue weighted by Gasteiger charge is 2.03. The van der Waals surface area contributed by atoms with Gasteiger partial charge in [-0.25, -0.2) is 4.98 Å². The average Bonchev–Trinajstić information content (AvgIpc) is 2.25. The van der Waals surface area contributed by atoms with Crippen molar-refractivity contribution in [1.29, 1.82) is 0 Å². The van der Waals surface area contributed by atoms with Crippen molar-refractivity contribution in [2.45, 2.75) is 6.92 Å². The normalized spacial score (nSPS) is 9.93. The van der Waals surface area contributed by atoms with Crippen molar-refractivity contribution in [3.8, 4) is 11.6 Å². The largest absolute Gasteiger partial charge is 0.439 e. The summed E-state index contributed by atoms with van der Waals surface area (Å²) in [5.74, 6) is 1.44. The van der Waals surface area contributed by atoms with Crippen LogP contribution in [-0.4, -0.2) is 9.97 Å². The molecule has 0 saturated carbocycles. The minimum absolute atomic E-state index is 0.214. The smallest absolute Gasteiger partial charge is 0.226 e. The summed E-state index contributed by atoms with van der Waals surface area (Å²) in [6.07, 6.45) is 1.64. The molecular weight excluding hydrogens is 190 g/mol. The summed E-state index contributed by atoms with van der Waals surface area (Å²) >= 11 is 0. The van der Waals surface area contributed by atoms with E-state index in [4.69, 9.17) is 10.5 Å². The lowest BCUT2D eigenvalue weighted by Gasteiger charge is -2.06. The third-order valence-corrected chi connectivity index (χ3v) is 1.90. The molecule has 1 heterocycles. The topological polar surface area (TPSA) is 61.0 Å². The lowest BCUT2D eigenvalue weighted by molar-refractivity contribution is 0.458. The zero-order valence-electron chi connectivity index (χ0n) is 8.34. The summed E-state index contributed by atoms with van der Waals surface area (Å²) in [5.41, 5.74) is 6.33. The molecule has 0 atom stereocenters. The van der Waals surface area contributed by atoms with Gasteiger partial charge >= 0.3 is 0 Å². The Kier molecular flexibility index (Phi) is 2.49. The van der Waals surface area contributed by atoms with Gasteiger partial charge in [0, 0.05) is 11.8 Å². The number of nitrogen functional groups attached to an aromatic ring is 1. The molecule has 1 aromatic heterocycles. The van der Waals surface area contributed by atoms with Crippen LogP contribution in [0.15, 0.2) is 36.5 Å². The number of hydrogen-bond donors (Lipinski definition) is 1. The van der Waals surface area contributed by atoms with Crippen molar-refractivity contribution in [3.63, 3.8) is 0 Å². The molecule has 0 radical (unpaired) electrons. The molecule has 76 valence electrons. The third kappa shape index (κ3) is 2.22. The molecule has 0 fully saturated rings. The maximum Gasteiger partial charge on any atom is 0.226 e. The van der Waals surface area contributed by atoms with Crippen LogP contribution < -0.4 is 10.5 Å². The monoisotopic (exact) mass is 201 g/mol. The van der Waals surface area contributed by atoms with Crippen molar-refractivity contribution in [2.75, 3.05) is 5.73 Å². The number of ether oxygens (including phenoxy) is 1. The lowest BCUT2D eigenvalue weighted by Crippen LogP contribution is -1.98. The fourth-order valence-corrected chi connectivity index (χ4v) is 1.14. The predicted octanol–water partition coefficient (Wildman–Crippen LogP) is 2.16. The SMILES string of the molecule is Cc1cnc(N)nc1Oc1ccccc1. The quantitative estimate of drug-likeness (QED) is 0.808. The molecule has 4 heteroatoms. The molecule has 1 aromatic carbocycles. The molecule has 0 bridgehead atoms. The zero-order valence-corrected chi connectivity index (χ0v) is 8.34. The molecule has 0 aliphatic rings. The lowest BCUT2D eigenvalue weighted by atomic mass is 10.3. The molecule has 2 aromatic rings. The van der Waals surface area contributed by atoms with Gasteiger partial charge in [0.25, 0.3) is 0 Å². The van der Waals surface area contributed by atoms with E-state index >= 15 is 0 Å². The van der Waals surface area contributed by atoms with E-state index in [0.717, 1.165) is 11.3 Å². The van der Waals surface area contributed by atoms with Crippen LogP contribution in [0.1, 0.15) is 5.56 Å². The van der Waals surface area contributed by atoms with Crippen molar-refractivity contribution in [3.05, 3.63) is 42.1 Å². The Morgan fingerprint density at radius 3 is 2.67 bits per heavy atom. The average molecular weight is 201 g/mol. The molecule has 2 rings (SSSR count). The van der Waals surface area contributed by atoms with E-state index in [1.54, 1.807) is 6.20 Å². The van der Waals surface area contributed by atoms with E-state index in [0.29, 0.717) is 5.88 Å². The summed E-state index contributed by atoms with van der Waals surface area (Å²) in [7, 11) is 0. The summed E-state index contributed by atoms with van der Waals surface area (Å²) < 4.78 is 5.56. The Balaban J connectivity index is 2.28. The van der Waals surface area contributed by atoms with Crippen LogP contribution in [-0.2, 0) is 0 Å². The number of nitrogens with zero attached hydrogens (tertiary/aromatic N) is 2. The van der Waals surface area contributed by atoms with Crippen molar-refractivity contribution < 1.29 is 4.74 Å². The number of aryl methyl sites for hydroxylation is 1. The number of para-hydroxylation sites is 1. The highest BCUT2D eigenvalue weighted by atomic mass is 16.5. The summed E-state index contributed by atoms with van der Waals surface area (Å²) in [6.45, 7) is 1.87. The minimum atomic E-state index is 0.214. The number of nitrogens with two attached hydrogens (primary N) is 1. The summed E-state index contributed by atoms with van der Waals surface area (Å²) in [4.78, 5) is 7.88. The third-order valence-electron chi connectivity index (χ3n) is 1.90. The van der Waals surface area contributed by atoms with Crippen LogP contribution in [0.5, 0.6) is 11.6 Å². The Morgan fingerprint density at radius 1 is 1.20 bits per heavy atom. The van der Waals surface area contributed by atoms with E-state index in [1.165, 1.54) is 0 Å². The number of benzene rings is 1. The van der Waals surface area contributed by atoms with Crippen molar-refractivity contribution >= 4 is 5.95 Å². The van der Waals surface area contributed by atoms with E-state index in [1.807, 2.05) is 37.3 Å². The van der Waals surface area contributed by atoms with Gasteiger partial charge in [-0.3, -0.25) is 0 Å². The predicted molar refractivity (Wildman–Crippen MR) is 57.7 cm³/mol. The van der Waals surface area contributed by atoms with Crippen LogP contribution in [0.3, 0.4) is 0 Å². The summed E-state index contributed by atoms with van der Waals surface area (Å²) in [5, 5.41) is 0. The molecule has 0 aliphatic heterocycles. The molecule has 4 nitrogen and oxygen atoms in total. The molecule has 0 saturated heterocycles. The highest BCUT2D eigenvalue weighted by Crippen LogP contribution is 2.21. The van der Waals surface area contributed by atoms with Crippen LogP contribution >= 0.6 is 0 Å². The molecule has 0 unspecified atom stereocenters. The number of aromatic nitrogens is 2. The second kappa shape index (κ2) is 3.96. The Bertz CT molecular complexity index is 457. The van der Waals surface area contributed by atoms with Gasteiger partial charge in [-0.1, -0.05) is 18.2 Å². The van der Waals surface area contributed by atoms with Gasteiger partial charge in [-0.15, -0.1) is 0 Å².